The Labute approximate surface area is 182 Å². The Morgan fingerprint density at radius 3 is 1.81 bits per heavy atom. The molecule has 1 nitrogen and oxygen atoms in total. The molecule has 0 saturated heterocycles. The van der Waals surface area contributed by atoms with Crippen molar-refractivity contribution in [3.8, 4) is 29.8 Å². The molecule has 0 aliphatic rings. The van der Waals surface area contributed by atoms with E-state index >= 15 is 0 Å². The van der Waals surface area contributed by atoms with Gasteiger partial charge in [0.05, 0.1) is 11.1 Å². The number of nitrogens with zero attached hydrogens (tertiary/aromatic N) is 1. The fraction of sp³-hybridized carbons (Fsp3) is 0.179. The summed E-state index contributed by atoms with van der Waals surface area (Å²) in [6, 6.07) is 18.6. The van der Waals surface area contributed by atoms with Gasteiger partial charge in [0.15, 0.2) is 0 Å². The van der Waals surface area contributed by atoms with E-state index in [1.54, 1.807) is 18.2 Å². The summed E-state index contributed by atoms with van der Waals surface area (Å²) in [6.45, 7) is 2.19. The van der Waals surface area contributed by atoms with Gasteiger partial charge in [0.25, 0.3) is 0 Å². The second kappa shape index (κ2) is 10.8. The molecule has 3 rings (SSSR count). The van der Waals surface area contributed by atoms with Gasteiger partial charge >= 0.3 is 0 Å². The van der Waals surface area contributed by atoms with Crippen molar-refractivity contribution in [2.75, 3.05) is 0 Å². The normalized spacial score (nSPS) is 9.74. The van der Waals surface area contributed by atoms with Gasteiger partial charge in [-0.25, -0.2) is 8.78 Å². The van der Waals surface area contributed by atoms with Crippen LogP contribution in [0.15, 0.2) is 60.7 Å². The lowest BCUT2D eigenvalue weighted by molar-refractivity contribution is 0.623. The van der Waals surface area contributed by atoms with Crippen LogP contribution in [0.25, 0.3) is 0 Å². The van der Waals surface area contributed by atoms with Crippen LogP contribution in [0.5, 0.6) is 0 Å². The van der Waals surface area contributed by atoms with Crippen molar-refractivity contribution >= 4 is 0 Å². The minimum Gasteiger partial charge on any atom is -0.206 e. The van der Waals surface area contributed by atoms with Gasteiger partial charge in [-0.1, -0.05) is 55.6 Å². The zero-order valence-corrected chi connectivity index (χ0v) is 17.3. The number of aryl methyl sites for hydroxylation is 1. The summed E-state index contributed by atoms with van der Waals surface area (Å²) in [5.74, 6) is 10.3. The summed E-state index contributed by atoms with van der Waals surface area (Å²) >= 11 is 0. The van der Waals surface area contributed by atoms with Crippen molar-refractivity contribution in [3.63, 3.8) is 0 Å². The number of rotatable bonds is 4. The van der Waals surface area contributed by atoms with Crippen LogP contribution >= 0.6 is 0 Å². The van der Waals surface area contributed by atoms with Crippen LogP contribution in [0.3, 0.4) is 0 Å². The van der Waals surface area contributed by atoms with Gasteiger partial charge in [0, 0.05) is 16.7 Å². The van der Waals surface area contributed by atoms with Gasteiger partial charge in [0.1, 0.15) is 17.7 Å². The minimum absolute atomic E-state index is 0.0502. The van der Waals surface area contributed by atoms with Crippen molar-refractivity contribution in [2.45, 2.75) is 32.6 Å². The molecule has 0 spiro atoms. The topological polar surface area (TPSA) is 23.8 Å². The summed E-state index contributed by atoms with van der Waals surface area (Å²) in [5.41, 5.74) is 3.26. The molecular formula is C28H21F2N. The van der Waals surface area contributed by atoms with Crippen molar-refractivity contribution in [3.05, 3.63) is 106 Å². The van der Waals surface area contributed by atoms with Gasteiger partial charge < -0.3 is 0 Å². The largest absolute Gasteiger partial charge is 0.206 e. The van der Waals surface area contributed by atoms with E-state index in [0.717, 1.165) is 12.0 Å². The average Bonchev–Trinajstić information content (AvgIpc) is 2.78. The highest BCUT2D eigenvalue weighted by molar-refractivity contribution is 5.49. The van der Waals surface area contributed by atoms with Gasteiger partial charge in [-0.15, -0.1) is 0 Å². The molecule has 0 unspecified atom stereocenters. The maximum Gasteiger partial charge on any atom is 0.142 e. The highest BCUT2D eigenvalue weighted by atomic mass is 19.1. The number of benzene rings is 3. The lowest BCUT2D eigenvalue weighted by Crippen LogP contribution is -1.88. The van der Waals surface area contributed by atoms with E-state index in [2.05, 4.69) is 42.7 Å². The summed E-state index contributed by atoms with van der Waals surface area (Å²) in [7, 11) is 0. The quantitative estimate of drug-likeness (QED) is 0.363. The molecule has 0 atom stereocenters. The second-order valence-corrected chi connectivity index (χ2v) is 7.16. The van der Waals surface area contributed by atoms with Crippen LogP contribution in [-0.2, 0) is 6.42 Å². The molecule has 0 heterocycles. The number of hydrogen-bond donors (Lipinski definition) is 0. The fourth-order valence-corrected chi connectivity index (χ4v) is 3.00. The molecule has 3 aromatic rings. The van der Waals surface area contributed by atoms with E-state index in [9.17, 15) is 8.78 Å². The Bertz CT molecular complexity index is 1230. The fourth-order valence-electron chi connectivity index (χ4n) is 3.00. The first-order valence-corrected chi connectivity index (χ1v) is 10.2. The van der Waals surface area contributed by atoms with Crippen LogP contribution in [-0.4, -0.2) is 0 Å². The molecule has 0 fully saturated rings. The lowest BCUT2D eigenvalue weighted by Gasteiger charge is -2.00. The van der Waals surface area contributed by atoms with Crippen LogP contribution in [0.2, 0.25) is 0 Å². The summed E-state index contributed by atoms with van der Waals surface area (Å²) in [4.78, 5) is 0. The van der Waals surface area contributed by atoms with Crippen LogP contribution < -0.4 is 0 Å². The number of nitriles is 1. The summed E-state index contributed by atoms with van der Waals surface area (Å²) in [5, 5.41) is 8.76. The SMILES string of the molecule is CCCCCc1ccc(C#Cc2ccc(C#Cc3ccc(C#N)c(F)c3)c(F)c2)cc1. The van der Waals surface area contributed by atoms with E-state index in [-0.39, 0.29) is 11.1 Å². The van der Waals surface area contributed by atoms with E-state index < -0.39 is 11.6 Å². The molecule has 0 saturated carbocycles. The van der Waals surface area contributed by atoms with Crippen LogP contribution in [0, 0.1) is 46.6 Å². The molecule has 0 amide bonds. The van der Waals surface area contributed by atoms with Gasteiger partial charge in [-0.3, -0.25) is 0 Å². The number of unbranched alkanes of at least 4 members (excludes halogenated alkanes) is 2. The molecule has 152 valence electrons. The smallest absolute Gasteiger partial charge is 0.142 e. The Hall–Kier alpha value is -3.87. The molecule has 0 N–H and O–H groups in total. The third-order valence-corrected chi connectivity index (χ3v) is 4.77. The first-order valence-electron chi connectivity index (χ1n) is 10.2. The molecular weight excluding hydrogens is 388 g/mol. The first-order chi connectivity index (χ1) is 15.1. The van der Waals surface area contributed by atoms with Crippen molar-refractivity contribution in [1.29, 1.82) is 5.26 Å². The van der Waals surface area contributed by atoms with Gasteiger partial charge in [-0.05, 0) is 66.9 Å². The third-order valence-electron chi connectivity index (χ3n) is 4.77. The van der Waals surface area contributed by atoms with Crippen molar-refractivity contribution in [2.24, 2.45) is 0 Å². The maximum absolute atomic E-state index is 14.4. The van der Waals surface area contributed by atoms with Crippen LogP contribution in [0.4, 0.5) is 8.78 Å². The van der Waals surface area contributed by atoms with Gasteiger partial charge in [0.2, 0.25) is 0 Å². The predicted octanol–water partition coefficient (Wildman–Crippen LogP) is 6.37. The molecule has 3 aromatic carbocycles. The van der Waals surface area contributed by atoms with Crippen molar-refractivity contribution < 1.29 is 8.78 Å². The van der Waals surface area contributed by atoms with E-state index in [1.165, 1.54) is 49.1 Å². The Kier molecular flexibility index (Phi) is 7.59. The Morgan fingerprint density at radius 1 is 0.677 bits per heavy atom. The lowest BCUT2D eigenvalue weighted by atomic mass is 10.1. The molecule has 0 aliphatic carbocycles. The standard InChI is InChI=1S/C28H21F2N/c1-2-3-4-5-21-6-8-22(9-7-21)10-11-23-12-15-25(27(29)18-23)16-13-24-14-17-26(20-31)28(30)19-24/h6-9,12,14-15,17-19H,2-5H2,1H3. The maximum atomic E-state index is 14.4. The zero-order valence-electron chi connectivity index (χ0n) is 17.3. The molecule has 0 aromatic heterocycles. The number of hydrogen-bond acceptors (Lipinski definition) is 1. The summed E-state index contributed by atoms with van der Waals surface area (Å²) in [6.07, 6.45) is 4.71. The predicted molar refractivity (Wildman–Crippen MR) is 119 cm³/mol. The van der Waals surface area contributed by atoms with E-state index in [4.69, 9.17) is 5.26 Å². The highest BCUT2D eigenvalue weighted by Crippen LogP contribution is 2.12. The van der Waals surface area contributed by atoms with Crippen LogP contribution in [0.1, 0.15) is 59.6 Å². The van der Waals surface area contributed by atoms with E-state index in [0.29, 0.717) is 11.1 Å². The minimum atomic E-state index is -0.644. The molecule has 0 aliphatic heterocycles. The molecule has 0 radical (unpaired) electrons. The Balaban J connectivity index is 1.70. The third kappa shape index (κ3) is 6.30. The monoisotopic (exact) mass is 409 g/mol. The number of halogens is 2. The molecule has 31 heavy (non-hydrogen) atoms. The zero-order chi connectivity index (χ0) is 22.1. The van der Waals surface area contributed by atoms with Crippen molar-refractivity contribution in [1.82, 2.24) is 0 Å². The Morgan fingerprint density at radius 2 is 1.23 bits per heavy atom. The van der Waals surface area contributed by atoms with E-state index in [1.807, 2.05) is 12.1 Å². The highest BCUT2D eigenvalue weighted by Gasteiger charge is 2.02. The molecule has 3 heteroatoms. The second-order valence-electron chi connectivity index (χ2n) is 7.16. The van der Waals surface area contributed by atoms with Gasteiger partial charge in [-0.2, -0.15) is 5.26 Å². The molecule has 0 bridgehead atoms. The first kappa shape index (κ1) is 21.8. The summed E-state index contributed by atoms with van der Waals surface area (Å²) < 4.78 is 28.0. The average molecular weight is 409 g/mol.